The van der Waals surface area contributed by atoms with Gasteiger partial charge in [-0.1, -0.05) is 24.3 Å². The van der Waals surface area contributed by atoms with Gasteiger partial charge in [-0.25, -0.2) is 14.4 Å². The molecule has 0 bridgehead atoms. The molecule has 33 heavy (non-hydrogen) atoms. The molecule has 2 saturated heterocycles. The van der Waals surface area contributed by atoms with Crippen molar-refractivity contribution in [3.8, 4) is 0 Å². The van der Waals surface area contributed by atoms with E-state index < -0.39 is 42.4 Å². The zero-order chi connectivity index (χ0) is 23.2. The number of hydrogen-bond acceptors (Lipinski definition) is 7. The third-order valence-electron chi connectivity index (χ3n) is 5.23. The molecule has 0 radical (unpaired) electrons. The third kappa shape index (κ3) is 5.60. The number of nitrogens with one attached hydrogen (secondary N) is 3. The van der Waals surface area contributed by atoms with Crippen LogP contribution in [0.15, 0.2) is 54.6 Å². The molecule has 4 rings (SSSR count). The van der Waals surface area contributed by atoms with Gasteiger partial charge in [0.15, 0.2) is 6.10 Å². The summed E-state index contributed by atoms with van der Waals surface area (Å²) in [5.74, 6) is -0.463. The molecule has 0 aromatic heterocycles. The van der Waals surface area contributed by atoms with Crippen LogP contribution in [-0.4, -0.2) is 62.3 Å². The number of rotatable bonds is 6. The Morgan fingerprint density at radius 3 is 2.48 bits per heavy atom. The Morgan fingerprint density at radius 2 is 1.70 bits per heavy atom. The second-order valence-corrected chi connectivity index (χ2v) is 7.54. The number of urea groups is 1. The molecule has 2 fully saturated rings. The van der Waals surface area contributed by atoms with Gasteiger partial charge in [0.2, 0.25) is 0 Å². The highest BCUT2D eigenvalue weighted by atomic mass is 16.6. The van der Waals surface area contributed by atoms with Gasteiger partial charge in [0, 0.05) is 11.4 Å². The first kappa shape index (κ1) is 22.6. The van der Waals surface area contributed by atoms with Crippen LogP contribution in [0.2, 0.25) is 0 Å². The van der Waals surface area contributed by atoms with E-state index in [1.54, 1.807) is 49.4 Å². The summed E-state index contributed by atoms with van der Waals surface area (Å²) in [4.78, 5) is 36.5. The van der Waals surface area contributed by atoms with Gasteiger partial charge in [0.25, 0.3) is 0 Å². The van der Waals surface area contributed by atoms with Crippen molar-refractivity contribution in [2.24, 2.45) is 0 Å². The normalized spacial score (nSPS) is 23.3. The molecule has 0 unspecified atom stereocenters. The van der Waals surface area contributed by atoms with E-state index in [1.807, 2.05) is 6.07 Å². The lowest BCUT2D eigenvalue weighted by Crippen LogP contribution is -2.46. The van der Waals surface area contributed by atoms with E-state index in [-0.39, 0.29) is 19.8 Å². The van der Waals surface area contributed by atoms with E-state index in [0.29, 0.717) is 16.9 Å². The van der Waals surface area contributed by atoms with Crippen molar-refractivity contribution >= 4 is 29.5 Å². The van der Waals surface area contributed by atoms with Gasteiger partial charge in [-0.15, -0.1) is 0 Å². The topological polar surface area (TPSA) is 124 Å². The van der Waals surface area contributed by atoms with Gasteiger partial charge in [-0.2, -0.15) is 0 Å². The quantitative estimate of drug-likeness (QED) is 0.572. The summed E-state index contributed by atoms with van der Waals surface area (Å²) in [6, 6.07) is 14.5. The molecule has 0 aliphatic carbocycles. The summed E-state index contributed by atoms with van der Waals surface area (Å²) >= 11 is 0. The predicted octanol–water partition coefficient (Wildman–Crippen LogP) is 2.77. The average Bonchev–Trinajstić information content (AvgIpc) is 3.38. The van der Waals surface area contributed by atoms with E-state index in [4.69, 9.17) is 18.9 Å². The maximum Gasteiger partial charge on any atom is 0.412 e. The number of ether oxygens (including phenoxy) is 4. The first-order chi connectivity index (χ1) is 16.0. The minimum Gasteiger partial charge on any atom is -0.462 e. The molecule has 10 heteroatoms. The number of fused-ring (bicyclic) bond motifs is 1. The Kier molecular flexibility index (Phi) is 7.06. The molecular weight excluding hydrogens is 430 g/mol. The zero-order valence-corrected chi connectivity index (χ0v) is 18.0. The molecule has 2 heterocycles. The molecule has 3 amide bonds. The summed E-state index contributed by atoms with van der Waals surface area (Å²) in [6.07, 6.45) is -2.12. The van der Waals surface area contributed by atoms with Gasteiger partial charge >= 0.3 is 18.1 Å². The van der Waals surface area contributed by atoms with Crippen molar-refractivity contribution in [3.05, 3.63) is 60.2 Å². The summed E-state index contributed by atoms with van der Waals surface area (Å²) in [5.41, 5.74) is 1.40. The molecule has 0 saturated carbocycles. The standard InChI is InChI=1S/C23H25N3O7/c1-2-30-21(27)14-7-6-10-16(11-14)24-22(28)26-17-12-31-20-18(13-32-19(17)20)33-23(29)25-15-8-4-3-5-9-15/h3-11,17-20H,2,12-13H2,1H3,(H,25,29)(H2,24,26,28)/t17-,18+,19+,20+/m0/s1. The van der Waals surface area contributed by atoms with Gasteiger partial charge < -0.3 is 29.6 Å². The molecule has 2 aliphatic heterocycles. The first-order valence-corrected chi connectivity index (χ1v) is 10.6. The lowest BCUT2D eigenvalue weighted by Gasteiger charge is -2.18. The van der Waals surface area contributed by atoms with Crippen LogP contribution < -0.4 is 16.0 Å². The SMILES string of the molecule is CCOC(=O)c1cccc(NC(=O)N[C@H]2CO[C@H]3[C@@H]2OC[C@H]3OC(=O)Nc2ccccc2)c1. The van der Waals surface area contributed by atoms with Crippen LogP contribution in [0.1, 0.15) is 17.3 Å². The summed E-state index contributed by atoms with van der Waals surface area (Å²) in [6.45, 7) is 2.37. The highest BCUT2D eigenvalue weighted by molar-refractivity contribution is 5.94. The molecule has 2 aromatic rings. The number of hydrogen-bond donors (Lipinski definition) is 3. The summed E-state index contributed by atoms with van der Waals surface area (Å²) < 4.78 is 21.9. The van der Waals surface area contributed by atoms with Crippen molar-refractivity contribution in [1.82, 2.24) is 5.32 Å². The largest absolute Gasteiger partial charge is 0.462 e. The molecule has 3 N–H and O–H groups in total. The number of para-hydroxylation sites is 1. The monoisotopic (exact) mass is 455 g/mol. The van der Waals surface area contributed by atoms with Crippen molar-refractivity contribution in [1.29, 1.82) is 0 Å². The maximum absolute atomic E-state index is 12.5. The van der Waals surface area contributed by atoms with E-state index in [9.17, 15) is 14.4 Å². The van der Waals surface area contributed by atoms with Crippen molar-refractivity contribution < 1.29 is 33.3 Å². The van der Waals surface area contributed by atoms with Crippen molar-refractivity contribution in [2.45, 2.75) is 31.3 Å². The number of carbonyl (C=O) groups is 3. The summed E-state index contributed by atoms with van der Waals surface area (Å²) in [7, 11) is 0. The van der Waals surface area contributed by atoms with Crippen LogP contribution >= 0.6 is 0 Å². The number of carbonyl (C=O) groups excluding carboxylic acids is 3. The van der Waals surface area contributed by atoms with Crippen molar-refractivity contribution in [2.75, 3.05) is 30.5 Å². The highest BCUT2D eigenvalue weighted by Gasteiger charge is 2.50. The Bertz CT molecular complexity index is 1000. The van der Waals surface area contributed by atoms with Gasteiger partial charge in [0.05, 0.1) is 31.4 Å². The average molecular weight is 455 g/mol. The Balaban J connectivity index is 1.28. The number of esters is 1. The lowest BCUT2D eigenvalue weighted by atomic mass is 10.1. The Morgan fingerprint density at radius 1 is 0.939 bits per heavy atom. The van der Waals surface area contributed by atoms with E-state index >= 15 is 0 Å². The minimum absolute atomic E-state index is 0.166. The molecule has 174 valence electrons. The van der Waals surface area contributed by atoms with Gasteiger partial charge in [-0.3, -0.25) is 5.32 Å². The van der Waals surface area contributed by atoms with Gasteiger partial charge in [0.1, 0.15) is 12.2 Å². The maximum atomic E-state index is 12.5. The van der Waals surface area contributed by atoms with E-state index in [0.717, 1.165) is 0 Å². The first-order valence-electron chi connectivity index (χ1n) is 10.6. The van der Waals surface area contributed by atoms with Crippen LogP contribution in [0.3, 0.4) is 0 Å². The molecule has 2 aromatic carbocycles. The smallest absolute Gasteiger partial charge is 0.412 e. The second kappa shape index (κ2) is 10.3. The van der Waals surface area contributed by atoms with Gasteiger partial charge in [-0.05, 0) is 37.3 Å². The fraction of sp³-hybridized carbons (Fsp3) is 0.348. The number of amides is 3. The van der Waals surface area contributed by atoms with E-state index in [2.05, 4.69) is 16.0 Å². The molecular formula is C23H25N3O7. The molecule has 2 aliphatic rings. The zero-order valence-electron chi connectivity index (χ0n) is 18.0. The van der Waals surface area contributed by atoms with Crippen LogP contribution in [0.4, 0.5) is 21.0 Å². The van der Waals surface area contributed by atoms with Crippen LogP contribution in [0.25, 0.3) is 0 Å². The third-order valence-corrected chi connectivity index (χ3v) is 5.23. The van der Waals surface area contributed by atoms with Crippen LogP contribution in [0.5, 0.6) is 0 Å². The minimum atomic E-state index is -0.602. The fourth-order valence-electron chi connectivity index (χ4n) is 3.77. The van der Waals surface area contributed by atoms with Crippen LogP contribution in [-0.2, 0) is 18.9 Å². The lowest BCUT2D eigenvalue weighted by molar-refractivity contribution is 0.00873. The Labute approximate surface area is 190 Å². The van der Waals surface area contributed by atoms with Crippen molar-refractivity contribution in [3.63, 3.8) is 0 Å². The highest BCUT2D eigenvalue weighted by Crippen LogP contribution is 2.29. The number of benzene rings is 2. The molecule has 0 spiro atoms. The predicted molar refractivity (Wildman–Crippen MR) is 118 cm³/mol. The van der Waals surface area contributed by atoms with Crippen LogP contribution in [0, 0.1) is 0 Å². The molecule has 10 nitrogen and oxygen atoms in total. The number of anilines is 2. The second-order valence-electron chi connectivity index (χ2n) is 7.54. The van der Waals surface area contributed by atoms with E-state index in [1.165, 1.54) is 6.07 Å². The fourth-order valence-corrected chi connectivity index (χ4v) is 3.77. The summed E-state index contributed by atoms with van der Waals surface area (Å²) in [5, 5.41) is 8.16. The molecule has 4 atom stereocenters. The Hall–Kier alpha value is -3.63.